The topological polar surface area (TPSA) is 56.7 Å². The van der Waals surface area contributed by atoms with E-state index in [0.29, 0.717) is 5.82 Å². The Morgan fingerprint density at radius 3 is 1.64 bits per heavy atom. The molecule has 0 radical (unpaired) electrons. The number of hydrogen-bond donors (Lipinski definition) is 0. The van der Waals surface area contributed by atoms with Crippen molar-refractivity contribution < 1.29 is 4.42 Å². The van der Waals surface area contributed by atoms with Crippen LogP contribution < -0.4 is 0 Å². The Kier molecular flexibility index (Phi) is 7.42. The van der Waals surface area contributed by atoms with E-state index in [-0.39, 0.29) is 0 Å². The molecule has 56 heavy (non-hydrogen) atoms. The second kappa shape index (κ2) is 13.0. The quantitative estimate of drug-likeness (QED) is 0.172. The molecule has 0 aliphatic carbocycles. The van der Waals surface area contributed by atoms with Crippen molar-refractivity contribution in [1.82, 2.24) is 19.5 Å². The van der Waals surface area contributed by atoms with E-state index in [4.69, 9.17) is 19.4 Å². The number of rotatable bonds is 6. The van der Waals surface area contributed by atoms with Crippen LogP contribution in [0.3, 0.4) is 0 Å². The third kappa shape index (κ3) is 5.29. The maximum atomic E-state index is 6.95. The minimum Gasteiger partial charge on any atom is -0.437 e. The van der Waals surface area contributed by atoms with Crippen LogP contribution in [0.4, 0.5) is 0 Å². The normalized spacial score (nSPS) is 11.6. The van der Waals surface area contributed by atoms with Gasteiger partial charge in [0.05, 0.1) is 27.8 Å². The molecule has 0 saturated heterocycles. The SMILES string of the molecule is c1ccc(-c2cc(-c3ccc(-c4ccc5c(c4)nc(-c4ccccc4)c4oc6c(c7ccccc7n6-c6ccccc6)c45)cc3)nc(-c3ccccc3)n2)cc1. The average molecular weight is 717 g/mol. The van der Waals surface area contributed by atoms with Crippen LogP contribution in [-0.2, 0) is 0 Å². The highest BCUT2D eigenvalue weighted by Crippen LogP contribution is 2.45. The zero-order valence-electron chi connectivity index (χ0n) is 30.2. The van der Waals surface area contributed by atoms with Gasteiger partial charge in [-0.2, -0.15) is 0 Å². The third-order valence-corrected chi connectivity index (χ3v) is 10.6. The highest BCUT2D eigenvalue weighted by atomic mass is 16.3. The average Bonchev–Trinajstić information content (AvgIpc) is 3.82. The summed E-state index contributed by atoms with van der Waals surface area (Å²) in [5, 5.41) is 4.36. The first-order chi connectivity index (χ1) is 27.8. The molecule has 11 aromatic rings. The van der Waals surface area contributed by atoms with E-state index in [0.717, 1.165) is 100 Å². The fourth-order valence-electron chi connectivity index (χ4n) is 7.95. The fourth-order valence-corrected chi connectivity index (χ4v) is 7.95. The van der Waals surface area contributed by atoms with E-state index in [1.807, 2.05) is 48.5 Å². The highest BCUT2D eigenvalue weighted by molar-refractivity contribution is 6.28. The lowest BCUT2D eigenvalue weighted by molar-refractivity contribution is 0.645. The summed E-state index contributed by atoms with van der Waals surface area (Å²) < 4.78 is 9.18. The number of benzene rings is 7. The van der Waals surface area contributed by atoms with Gasteiger partial charge in [0, 0.05) is 44.1 Å². The van der Waals surface area contributed by atoms with Gasteiger partial charge in [0.25, 0.3) is 0 Å². The molecule has 0 spiro atoms. The van der Waals surface area contributed by atoms with Crippen LogP contribution in [0.25, 0.3) is 106 Å². The predicted molar refractivity (Wildman–Crippen MR) is 229 cm³/mol. The molecule has 4 aromatic heterocycles. The molecule has 4 heterocycles. The van der Waals surface area contributed by atoms with Crippen molar-refractivity contribution in [3.63, 3.8) is 0 Å². The standard InChI is InChI=1S/C51H32N4O/c1-5-15-34(16-6-1)42-32-43(54-50(53-42)37-19-9-3-10-20-37)35-27-25-33(26-28-35)38-29-30-40-44(31-38)52-48(36-17-7-2-8-18-36)49-46(40)47-41-23-13-14-24-45(41)55(51(47)56-49)39-21-11-4-12-22-39/h1-32H. The van der Waals surface area contributed by atoms with Crippen LogP contribution in [0, 0.1) is 0 Å². The molecule has 0 atom stereocenters. The number of aromatic nitrogens is 4. The van der Waals surface area contributed by atoms with Crippen LogP contribution in [-0.4, -0.2) is 19.5 Å². The Balaban J connectivity index is 1.07. The molecule has 0 unspecified atom stereocenters. The summed E-state index contributed by atoms with van der Waals surface area (Å²) in [6, 6.07) is 67.1. The van der Waals surface area contributed by atoms with Gasteiger partial charge >= 0.3 is 0 Å². The molecule has 0 N–H and O–H groups in total. The van der Waals surface area contributed by atoms with Gasteiger partial charge in [-0.05, 0) is 41.5 Å². The van der Waals surface area contributed by atoms with Crippen molar-refractivity contribution in [2.24, 2.45) is 0 Å². The van der Waals surface area contributed by atoms with Crippen molar-refractivity contribution in [2.75, 3.05) is 0 Å². The summed E-state index contributed by atoms with van der Waals surface area (Å²) in [6.45, 7) is 0. The van der Waals surface area contributed by atoms with Gasteiger partial charge in [-0.25, -0.2) is 15.0 Å². The van der Waals surface area contributed by atoms with Crippen LogP contribution in [0.15, 0.2) is 199 Å². The van der Waals surface area contributed by atoms with Gasteiger partial charge in [-0.1, -0.05) is 164 Å². The highest BCUT2D eigenvalue weighted by Gasteiger charge is 2.24. The minimum absolute atomic E-state index is 0.701. The summed E-state index contributed by atoms with van der Waals surface area (Å²) in [5.41, 5.74) is 13.5. The van der Waals surface area contributed by atoms with Crippen LogP contribution in [0.1, 0.15) is 0 Å². The Bertz CT molecular complexity index is 3150. The first kappa shape index (κ1) is 31.9. The molecule has 0 saturated carbocycles. The number of hydrogen-bond acceptors (Lipinski definition) is 4. The van der Waals surface area contributed by atoms with Crippen molar-refractivity contribution in [3.05, 3.63) is 194 Å². The first-order valence-electron chi connectivity index (χ1n) is 18.8. The van der Waals surface area contributed by atoms with Crippen molar-refractivity contribution in [2.45, 2.75) is 0 Å². The molecule has 0 aliphatic rings. The second-order valence-electron chi connectivity index (χ2n) is 14.0. The summed E-state index contributed by atoms with van der Waals surface area (Å²) >= 11 is 0. The molecular formula is C51H32N4O. The van der Waals surface area contributed by atoms with Crippen molar-refractivity contribution >= 4 is 43.9 Å². The largest absolute Gasteiger partial charge is 0.437 e. The summed E-state index contributed by atoms with van der Waals surface area (Å²) in [7, 11) is 0. The molecule has 0 fully saturated rings. The van der Waals surface area contributed by atoms with Crippen molar-refractivity contribution in [1.29, 1.82) is 0 Å². The molecule has 0 bridgehead atoms. The Labute approximate surface area is 322 Å². The van der Waals surface area contributed by atoms with Gasteiger partial charge < -0.3 is 4.42 Å². The maximum Gasteiger partial charge on any atom is 0.213 e. The summed E-state index contributed by atoms with van der Waals surface area (Å²) in [4.78, 5) is 15.3. The van der Waals surface area contributed by atoms with Gasteiger partial charge in [0.1, 0.15) is 5.69 Å². The van der Waals surface area contributed by atoms with Crippen LogP contribution >= 0.6 is 0 Å². The number of fused-ring (bicyclic) bond motifs is 7. The molecule has 11 rings (SSSR count). The van der Waals surface area contributed by atoms with Gasteiger partial charge in [-0.15, -0.1) is 0 Å². The van der Waals surface area contributed by atoms with E-state index in [9.17, 15) is 0 Å². The van der Waals surface area contributed by atoms with E-state index >= 15 is 0 Å². The zero-order chi connectivity index (χ0) is 37.0. The molecule has 262 valence electrons. The Morgan fingerprint density at radius 2 is 0.946 bits per heavy atom. The van der Waals surface area contributed by atoms with Crippen LogP contribution in [0.2, 0.25) is 0 Å². The number of para-hydroxylation sites is 2. The number of pyridine rings is 1. The Morgan fingerprint density at radius 1 is 0.393 bits per heavy atom. The minimum atomic E-state index is 0.701. The number of nitrogens with zero attached hydrogens (tertiary/aromatic N) is 4. The molecule has 5 nitrogen and oxygen atoms in total. The molecular weight excluding hydrogens is 685 g/mol. The molecule has 0 aliphatic heterocycles. The van der Waals surface area contributed by atoms with Crippen LogP contribution in [0.5, 0.6) is 0 Å². The lowest BCUT2D eigenvalue weighted by Crippen LogP contribution is -1.95. The lowest BCUT2D eigenvalue weighted by atomic mass is 9.98. The monoisotopic (exact) mass is 716 g/mol. The predicted octanol–water partition coefficient (Wildman–Crippen LogP) is 13.2. The molecule has 5 heteroatoms. The molecule has 0 amide bonds. The van der Waals surface area contributed by atoms with E-state index in [1.165, 1.54) is 0 Å². The third-order valence-electron chi connectivity index (χ3n) is 10.6. The second-order valence-corrected chi connectivity index (χ2v) is 14.0. The van der Waals surface area contributed by atoms with E-state index in [1.54, 1.807) is 0 Å². The van der Waals surface area contributed by atoms with Gasteiger partial charge in [0.2, 0.25) is 5.71 Å². The summed E-state index contributed by atoms with van der Waals surface area (Å²) in [6.07, 6.45) is 0. The maximum absolute atomic E-state index is 6.95. The number of furan rings is 1. The first-order valence-corrected chi connectivity index (χ1v) is 18.8. The summed E-state index contributed by atoms with van der Waals surface area (Å²) in [5.74, 6) is 0.701. The fraction of sp³-hybridized carbons (Fsp3) is 0. The lowest BCUT2D eigenvalue weighted by Gasteiger charge is -2.11. The zero-order valence-corrected chi connectivity index (χ0v) is 30.2. The van der Waals surface area contributed by atoms with E-state index < -0.39 is 0 Å². The molecule has 7 aromatic carbocycles. The smallest absolute Gasteiger partial charge is 0.213 e. The van der Waals surface area contributed by atoms with E-state index in [2.05, 4.69) is 150 Å². The van der Waals surface area contributed by atoms with Crippen molar-refractivity contribution in [3.8, 4) is 62.0 Å². The van der Waals surface area contributed by atoms with Gasteiger partial charge in [-0.3, -0.25) is 4.57 Å². The Hall–Kier alpha value is -7.63. The van der Waals surface area contributed by atoms with Gasteiger partial charge in [0.15, 0.2) is 11.4 Å².